The van der Waals surface area contributed by atoms with Crippen LogP contribution in [0.25, 0.3) is 0 Å². The lowest BCUT2D eigenvalue weighted by Gasteiger charge is -2.29. The van der Waals surface area contributed by atoms with Gasteiger partial charge in [0, 0.05) is 30.5 Å². The summed E-state index contributed by atoms with van der Waals surface area (Å²) in [4.78, 5) is 57.0. The third-order valence-corrected chi connectivity index (χ3v) is 5.65. The van der Waals surface area contributed by atoms with E-state index in [1.165, 1.54) is 23.0 Å². The summed E-state index contributed by atoms with van der Waals surface area (Å²) in [6.07, 6.45) is 4.78. The molecule has 3 rings (SSSR count). The standard InChI is InChI=1S/C16H22N6O4S/c17-14(24)12-6-27-8-22(12)16(26)11(4-9-5-18-7-19-9)21-15(25)10-2-1-3-13(23)20-10/h5,7,10-12H,1-4,6,8H2,(H2,17,24)(H,18,19)(H,20,23)(H,21,25)/t10-,11-,12?/m0/s1. The number of hydrogen-bond acceptors (Lipinski definition) is 6. The predicted octanol–water partition coefficient (Wildman–Crippen LogP) is -1.51. The van der Waals surface area contributed by atoms with E-state index >= 15 is 0 Å². The number of imidazole rings is 1. The minimum atomic E-state index is -0.891. The third-order valence-electron chi connectivity index (χ3n) is 4.64. The van der Waals surface area contributed by atoms with E-state index < -0.39 is 29.9 Å². The van der Waals surface area contributed by atoms with E-state index in [1.54, 1.807) is 6.20 Å². The number of aromatic nitrogens is 2. The molecule has 1 aromatic rings. The van der Waals surface area contributed by atoms with Gasteiger partial charge in [-0.15, -0.1) is 11.8 Å². The van der Waals surface area contributed by atoms with Crippen molar-refractivity contribution in [1.29, 1.82) is 0 Å². The molecule has 146 valence electrons. The number of amides is 4. The van der Waals surface area contributed by atoms with E-state index in [4.69, 9.17) is 5.73 Å². The molecule has 10 nitrogen and oxygen atoms in total. The van der Waals surface area contributed by atoms with E-state index in [-0.39, 0.29) is 18.2 Å². The van der Waals surface area contributed by atoms with Gasteiger partial charge in [-0.2, -0.15) is 0 Å². The number of piperidine rings is 1. The van der Waals surface area contributed by atoms with Gasteiger partial charge in [0.05, 0.1) is 12.2 Å². The zero-order valence-corrected chi connectivity index (χ0v) is 15.5. The monoisotopic (exact) mass is 394 g/mol. The van der Waals surface area contributed by atoms with E-state index in [2.05, 4.69) is 20.6 Å². The Morgan fingerprint density at radius 2 is 2.26 bits per heavy atom. The molecule has 0 saturated carbocycles. The van der Waals surface area contributed by atoms with Gasteiger partial charge in [0.25, 0.3) is 0 Å². The van der Waals surface area contributed by atoms with Crippen LogP contribution in [0.3, 0.4) is 0 Å². The van der Waals surface area contributed by atoms with Crippen molar-refractivity contribution in [1.82, 2.24) is 25.5 Å². The van der Waals surface area contributed by atoms with Gasteiger partial charge >= 0.3 is 0 Å². The maximum atomic E-state index is 13.0. The number of nitrogens with zero attached hydrogens (tertiary/aromatic N) is 2. The summed E-state index contributed by atoms with van der Waals surface area (Å²) in [5.74, 6) is -0.772. The number of primary amides is 1. The zero-order chi connectivity index (χ0) is 19.4. The van der Waals surface area contributed by atoms with E-state index in [1.807, 2.05) is 0 Å². The lowest BCUT2D eigenvalue weighted by Crippen LogP contribution is -2.57. The normalized spacial score (nSPS) is 23.6. The molecule has 2 aliphatic rings. The summed E-state index contributed by atoms with van der Waals surface area (Å²) in [5, 5.41) is 5.37. The number of H-pyrrole nitrogens is 1. The molecule has 0 spiro atoms. The number of nitrogens with one attached hydrogen (secondary N) is 3. The Balaban J connectivity index is 1.74. The molecule has 0 aromatic carbocycles. The molecule has 11 heteroatoms. The number of rotatable bonds is 6. The fourth-order valence-electron chi connectivity index (χ4n) is 3.19. The number of hydrogen-bond donors (Lipinski definition) is 4. The molecule has 2 fully saturated rings. The zero-order valence-electron chi connectivity index (χ0n) is 14.6. The largest absolute Gasteiger partial charge is 0.368 e. The Labute approximate surface area is 160 Å². The van der Waals surface area contributed by atoms with Gasteiger partial charge in [0.2, 0.25) is 23.6 Å². The number of thioether (sulfide) groups is 1. The summed E-state index contributed by atoms with van der Waals surface area (Å²) in [7, 11) is 0. The Bertz CT molecular complexity index is 725. The van der Waals surface area contributed by atoms with Gasteiger partial charge in [-0.1, -0.05) is 0 Å². The average molecular weight is 394 g/mol. The molecule has 0 bridgehead atoms. The lowest BCUT2D eigenvalue weighted by atomic mass is 10.0. The topological polar surface area (TPSA) is 150 Å². The molecular formula is C16H22N6O4S. The van der Waals surface area contributed by atoms with Gasteiger partial charge < -0.3 is 26.3 Å². The molecule has 3 heterocycles. The highest BCUT2D eigenvalue weighted by Crippen LogP contribution is 2.22. The first-order valence-corrected chi connectivity index (χ1v) is 9.85. The second-order valence-corrected chi connectivity index (χ2v) is 7.58. The maximum absolute atomic E-state index is 13.0. The van der Waals surface area contributed by atoms with Crippen molar-refractivity contribution in [2.24, 2.45) is 5.73 Å². The Morgan fingerprint density at radius 3 is 2.93 bits per heavy atom. The highest BCUT2D eigenvalue weighted by Gasteiger charge is 2.38. The van der Waals surface area contributed by atoms with E-state index in [0.29, 0.717) is 36.6 Å². The van der Waals surface area contributed by atoms with Gasteiger partial charge in [-0.25, -0.2) is 4.98 Å². The highest BCUT2D eigenvalue weighted by molar-refractivity contribution is 7.99. The van der Waals surface area contributed by atoms with E-state index in [0.717, 1.165) is 0 Å². The first-order valence-electron chi connectivity index (χ1n) is 8.70. The number of nitrogens with two attached hydrogens (primary N) is 1. The van der Waals surface area contributed by atoms with Crippen molar-refractivity contribution in [2.75, 3.05) is 11.6 Å². The summed E-state index contributed by atoms with van der Waals surface area (Å²) in [6, 6.07) is -2.25. The molecule has 1 unspecified atom stereocenters. The summed E-state index contributed by atoms with van der Waals surface area (Å²) < 4.78 is 0. The minimum absolute atomic E-state index is 0.178. The minimum Gasteiger partial charge on any atom is -0.368 e. The summed E-state index contributed by atoms with van der Waals surface area (Å²) >= 11 is 1.43. The molecule has 5 N–H and O–H groups in total. The van der Waals surface area contributed by atoms with Crippen molar-refractivity contribution in [2.45, 2.75) is 43.8 Å². The van der Waals surface area contributed by atoms with Crippen LogP contribution in [0.1, 0.15) is 25.0 Å². The van der Waals surface area contributed by atoms with Crippen molar-refractivity contribution in [3.8, 4) is 0 Å². The molecule has 3 atom stereocenters. The predicted molar refractivity (Wildman–Crippen MR) is 97.2 cm³/mol. The second-order valence-electron chi connectivity index (χ2n) is 6.58. The molecule has 0 aliphatic carbocycles. The average Bonchev–Trinajstić information content (AvgIpc) is 3.32. The SMILES string of the molecule is NC(=O)C1CSCN1C(=O)[C@H](Cc1cnc[nH]1)NC(=O)[C@@H]1CCCC(=O)N1. The van der Waals surface area contributed by atoms with Crippen LogP contribution in [-0.2, 0) is 25.6 Å². The molecule has 2 saturated heterocycles. The summed E-state index contributed by atoms with van der Waals surface area (Å²) in [5.41, 5.74) is 6.07. The van der Waals surface area contributed by atoms with Crippen LogP contribution in [0, 0.1) is 0 Å². The number of aromatic amines is 1. The van der Waals surface area contributed by atoms with Crippen molar-refractivity contribution in [3.63, 3.8) is 0 Å². The number of carbonyl (C=O) groups is 4. The number of carbonyl (C=O) groups excluding carboxylic acids is 4. The molecule has 1 aromatic heterocycles. The Hall–Kier alpha value is -2.56. The first-order chi connectivity index (χ1) is 13.0. The molecule has 27 heavy (non-hydrogen) atoms. The molecule has 4 amide bonds. The van der Waals surface area contributed by atoms with Crippen LogP contribution in [-0.4, -0.2) is 68.3 Å². The van der Waals surface area contributed by atoms with Gasteiger partial charge in [0.1, 0.15) is 18.1 Å². The van der Waals surface area contributed by atoms with Gasteiger partial charge in [-0.3, -0.25) is 19.2 Å². The Kier molecular flexibility index (Phi) is 5.99. The maximum Gasteiger partial charge on any atom is 0.246 e. The lowest BCUT2D eigenvalue weighted by molar-refractivity contribution is -0.141. The van der Waals surface area contributed by atoms with Crippen LogP contribution in [0.4, 0.5) is 0 Å². The molecule has 2 aliphatic heterocycles. The van der Waals surface area contributed by atoms with Crippen LogP contribution in [0.15, 0.2) is 12.5 Å². The quantitative estimate of drug-likeness (QED) is 0.461. The first kappa shape index (κ1) is 19.2. The smallest absolute Gasteiger partial charge is 0.246 e. The van der Waals surface area contributed by atoms with Gasteiger partial charge in [0.15, 0.2) is 0 Å². The fraction of sp³-hybridized carbons (Fsp3) is 0.562. The van der Waals surface area contributed by atoms with Crippen LogP contribution < -0.4 is 16.4 Å². The van der Waals surface area contributed by atoms with Crippen molar-refractivity contribution >= 4 is 35.4 Å². The van der Waals surface area contributed by atoms with Crippen LogP contribution in [0.2, 0.25) is 0 Å². The van der Waals surface area contributed by atoms with Gasteiger partial charge in [-0.05, 0) is 12.8 Å². The van der Waals surface area contributed by atoms with Crippen LogP contribution >= 0.6 is 11.8 Å². The summed E-state index contributed by atoms with van der Waals surface area (Å²) in [6.45, 7) is 0. The fourth-order valence-corrected chi connectivity index (χ4v) is 4.36. The molecule has 0 radical (unpaired) electrons. The van der Waals surface area contributed by atoms with Crippen LogP contribution in [0.5, 0.6) is 0 Å². The van der Waals surface area contributed by atoms with Crippen molar-refractivity contribution < 1.29 is 19.2 Å². The second kappa shape index (κ2) is 8.42. The van der Waals surface area contributed by atoms with E-state index in [9.17, 15) is 19.2 Å². The Morgan fingerprint density at radius 1 is 1.44 bits per heavy atom. The van der Waals surface area contributed by atoms with Crippen molar-refractivity contribution in [3.05, 3.63) is 18.2 Å². The molecular weight excluding hydrogens is 372 g/mol. The highest BCUT2D eigenvalue weighted by atomic mass is 32.2. The third kappa shape index (κ3) is 4.59.